The molecule has 1 aromatic carbocycles. The highest BCUT2D eigenvalue weighted by Crippen LogP contribution is 2.18. The SMILES string of the molecule is C=C(CCNC1CCCCC1)c1ccccc1. The molecule has 0 unspecified atom stereocenters. The molecule has 0 bridgehead atoms. The van der Waals surface area contributed by atoms with Gasteiger partial charge in [-0.3, -0.25) is 0 Å². The Morgan fingerprint density at radius 1 is 1.12 bits per heavy atom. The van der Waals surface area contributed by atoms with Gasteiger partial charge in [0.25, 0.3) is 0 Å². The van der Waals surface area contributed by atoms with E-state index in [-0.39, 0.29) is 0 Å². The summed E-state index contributed by atoms with van der Waals surface area (Å²) in [6, 6.07) is 11.2. The standard InChI is InChI=1S/C16H23N/c1-14(15-8-4-2-5-9-15)12-13-17-16-10-6-3-7-11-16/h2,4-5,8-9,16-17H,1,3,6-7,10-13H2. The first-order chi connectivity index (χ1) is 8.36. The summed E-state index contributed by atoms with van der Waals surface area (Å²) in [5.74, 6) is 0. The summed E-state index contributed by atoms with van der Waals surface area (Å²) in [7, 11) is 0. The summed E-state index contributed by atoms with van der Waals surface area (Å²) in [4.78, 5) is 0. The summed E-state index contributed by atoms with van der Waals surface area (Å²) >= 11 is 0. The van der Waals surface area contributed by atoms with Gasteiger partial charge in [0.15, 0.2) is 0 Å². The van der Waals surface area contributed by atoms with Gasteiger partial charge in [0.05, 0.1) is 0 Å². The van der Waals surface area contributed by atoms with Gasteiger partial charge < -0.3 is 5.32 Å². The zero-order chi connectivity index (χ0) is 11.9. The van der Waals surface area contributed by atoms with E-state index < -0.39 is 0 Å². The Kier molecular flexibility index (Phi) is 4.81. The van der Waals surface area contributed by atoms with Crippen molar-refractivity contribution in [3.05, 3.63) is 42.5 Å². The van der Waals surface area contributed by atoms with Gasteiger partial charge in [-0.25, -0.2) is 0 Å². The third-order valence-electron chi connectivity index (χ3n) is 3.65. The van der Waals surface area contributed by atoms with Gasteiger partial charge in [0.2, 0.25) is 0 Å². The van der Waals surface area contributed by atoms with Crippen LogP contribution in [0.5, 0.6) is 0 Å². The van der Waals surface area contributed by atoms with Gasteiger partial charge in [0.1, 0.15) is 0 Å². The fourth-order valence-corrected chi connectivity index (χ4v) is 2.55. The molecule has 1 N–H and O–H groups in total. The van der Waals surface area contributed by atoms with E-state index in [0.29, 0.717) is 0 Å². The van der Waals surface area contributed by atoms with Crippen molar-refractivity contribution >= 4 is 5.57 Å². The fourth-order valence-electron chi connectivity index (χ4n) is 2.55. The van der Waals surface area contributed by atoms with Crippen LogP contribution in [0.1, 0.15) is 44.1 Å². The third kappa shape index (κ3) is 4.01. The smallest absolute Gasteiger partial charge is 0.00671 e. The summed E-state index contributed by atoms with van der Waals surface area (Å²) in [6.45, 7) is 5.24. The van der Waals surface area contributed by atoms with Crippen molar-refractivity contribution in [2.75, 3.05) is 6.54 Å². The van der Waals surface area contributed by atoms with Gasteiger partial charge in [0, 0.05) is 6.04 Å². The molecule has 1 nitrogen and oxygen atoms in total. The van der Waals surface area contributed by atoms with E-state index in [1.807, 2.05) is 0 Å². The zero-order valence-corrected chi connectivity index (χ0v) is 10.6. The van der Waals surface area contributed by atoms with E-state index >= 15 is 0 Å². The lowest BCUT2D eigenvalue weighted by Crippen LogP contribution is -2.31. The molecular weight excluding hydrogens is 206 g/mol. The highest BCUT2D eigenvalue weighted by Gasteiger charge is 2.11. The van der Waals surface area contributed by atoms with Crippen molar-refractivity contribution < 1.29 is 0 Å². The molecule has 0 radical (unpaired) electrons. The topological polar surface area (TPSA) is 12.0 Å². The van der Waals surface area contributed by atoms with Gasteiger partial charge in [-0.15, -0.1) is 0 Å². The molecule has 0 saturated heterocycles. The monoisotopic (exact) mass is 229 g/mol. The maximum absolute atomic E-state index is 4.17. The molecule has 92 valence electrons. The van der Waals surface area contributed by atoms with E-state index in [1.54, 1.807) is 0 Å². The van der Waals surface area contributed by atoms with Crippen LogP contribution >= 0.6 is 0 Å². The fraction of sp³-hybridized carbons (Fsp3) is 0.500. The largest absolute Gasteiger partial charge is 0.314 e. The van der Waals surface area contributed by atoms with E-state index in [9.17, 15) is 0 Å². The molecule has 17 heavy (non-hydrogen) atoms. The Bertz CT molecular complexity index is 336. The maximum atomic E-state index is 4.17. The highest BCUT2D eigenvalue weighted by atomic mass is 14.9. The minimum Gasteiger partial charge on any atom is -0.314 e. The number of nitrogens with one attached hydrogen (secondary N) is 1. The molecule has 1 fully saturated rings. The van der Waals surface area contributed by atoms with Crippen LogP contribution in [0.25, 0.3) is 5.57 Å². The molecule has 1 aliphatic rings. The summed E-state index contributed by atoms with van der Waals surface area (Å²) in [5.41, 5.74) is 2.52. The molecule has 2 rings (SSSR count). The quantitative estimate of drug-likeness (QED) is 0.804. The molecule has 1 heteroatoms. The van der Waals surface area contributed by atoms with E-state index in [4.69, 9.17) is 0 Å². The lowest BCUT2D eigenvalue weighted by Gasteiger charge is -2.23. The highest BCUT2D eigenvalue weighted by molar-refractivity contribution is 5.63. The second kappa shape index (κ2) is 6.61. The normalized spacial score (nSPS) is 16.9. The summed E-state index contributed by atoms with van der Waals surface area (Å²) in [5, 5.41) is 3.66. The van der Waals surface area contributed by atoms with E-state index in [0.717, 1.165) is 19.0 Å². The van der Waals surface area contributed by atoms with Crippen LogP contribution in [0.3, 0.4) is 0 Å². The molecule has 1 aromatic rings. The minimum atomic E-state index is 0.757. The summed E-state index contributed by atoms with van der Waals surface area (Å²) < 4.78 is 0. The van der Waals surface area contributed by atoms with Crippen molar-refractivity contribution in [2.24, 2.45) is 0 Å². The van der Waals surface area contributed by atoms with Gasteiger partial charge in [-0.05, 0) is 36.9 Å². The van der Waals surface area contributed by atoms with Crippen molar-refractivity contribution in [3.63, 3.8) is 0 Å². The number of benzene rings is 1. The lowest BCUT2D eigenvalue weighted by atomic mass is 9.95. The molecule has 1 aliphatic carbocycles. The van der Waals surface area contributed by atoms with Crippen molar-refractivity contribution in [1.29, 1.82) is 0 Å². The molecule has 0 amide bonds. The van der Waals surface area contributed by atoms with Crippen LogP contribution in [-0.2, 0) is 0 Å². The predicted molar refractivity (Wildman–Crippen MR) is 75.0 cm³/mol. The number of hydrogen-bond acceptors (Lipinski definition) is 1. The average molecular weight is 229 g/mol. The van der Waals surface area contributed by atoms with Crippen LogP contribution in [0, 0.1) is 0 Å². The maximum Gasteiger partial charge on any atom is 0.00671 e. The first-order valence-corrected chi connectivity index (χ1v) is 6.83. The van der Waals surface area contributed by atoms with Crippen molar-refractivity contribution in [2.45, 2.75) is 44.6 Å². The number of hydrogen-bond donors (Lipinski definition) is 1. The molecule has 0 atom stereocenters. The zero-order valence-electron chi connectivity index (χ0n) is 10.6. The van der Waals surface area contributed by atoms with Crippen LogP contribution in [-0.4, -0.2) is 12.6 Å². The molecule has 1 saturated carbocycles. The Labute approximate surface area is 105 Å². The second-order valence-electron chi connectivity index (χ2n) is 5.01. The first-order valence-electron chi connectivity index (χ1n) is 6.83. The third-order valence-corrected chi connectivity index (χ3v) is 3.65. The van der Waals surface area contributed by atoms with Gasteiger partial charge in [-0.1, -0.05) is 56.2 Å². The van der Waals surface area contributed by atoms with Gasteiger partial charge in [-0.2, -0.15) is 0 Å². The van der Waals surface area contributed by atoms with Crippen molar-refractivity contribution in [1.82, 2.24) is 5.32 Å². The molecule has 0 aliphatic heterocycles. The molecule has 0 spiro atoms. The molecule has 0 aromatic heterocycles. The predicted octanol–water partition coefficient (Wildman–Crippen LogP) is 4.01. The Morgan fingerprint density at radius 2 is 1.82 bits per heavy atom. The van der Waals surface area contributed by atoms with Crippen LogP contribution < -0.4 is 5.32 Å². The van der Waals surface area contributed by atoms with E-state index in [1.165, 1.54) is 43.2 Å². The number of rotatable bonds is 5. The minimum absolute atomic E-state index is 0.757. The molecule has 0 heterocycles. The van der Waals surface area contributed by atoms with Crippen LogP contribution in [0.4, 0.5) is 0 Å². The summed E-state index contributed by atoms with van der Waals surface area (Å²) in [6.07, 6.45) is 8.00. The van der Waals surface area contributed by atoms with Crippen LogP contribution in [0.15, 0.2) is 36.9 Å². The Hall–Kier alpha value is -1.08. The first kappa shape index (κ1) is 12.4. The molecular formula is C16H23N. The average Bonchev–Trinajstić information content (AvgIpc) is 2.41. The van der Waals surface area contributed by atoms with Gasteiger partial charge >= 0.3 is 0 Å². The second-order valence-corrected chi connectivity index (χ2v) is 5.01. The van der Waals surface area contributed by atoms with E-state index in [2.05, 4.69) is 42.2 Å². The Morgan fingerprint density at radius 3 is 2.53 bits per heavy atom. The Balaban J connectivity index is 1.69. The lowest BCUT2D eigenvalue weighted by molar-refractivity contribution is 0.377. The van der Waals surface area contributed by atoms with Crippen LogP contribution in [0.2, 0.25) is 0 Å². The van der Waals surface area contributed by atoms with Crippen molar-refractivity contribution in [3.8, 4) is 0 Å².